The van der Waals surface area contributed by atoms with E-state index in [9.17, 15) is 54.6 Å². The third kappa shape index (κ3) is 12.9. The highest BCUT2D eigenvalue weighted by Gasteiger charge is 2.42. The molecule has 5 heterocycles. The van der Waals surface area contributed by atoms with E-state index in [1.165, 1.54) is 85.9 Å². The second-order valence-corrected chi connectivity index (χ2v) is 23.4. The molecule has 5 unspecified atom stereocenters. The number of ketones is 1. The topological polar surface area (TPSA) is 360 Å². The molecule has 0 spiro atoms. The van der Waals surface area contributed by atoms with E-state index in [1.54, 1.807) is 0 Å². The summed E-state index contributed by atoms with van der Waals surface area (Å²) in [5, 5.41) is 76.8. The number of likely N-dealkylation sites (N-methyl/N-ethyl adjacent to an activating group) is 1. The van der Waals surface area contributed by atoms with E-state index in [0.29, 0.717) is 5.56 Å². The normalized spacial score (nSPS) is 19.5. The molecule has 12 N–H and O–H groups in total. The molecular weight excluding hydrogens is 1300 g/mol. The summed E-state index contributed by atoms with van der Waals surface area (Å²) in [5.74, 6) is -15.3. The molecule has 5 aliphatic rings. The van der Waals surface area contributed by atoms with Crippen molar-refractivity contribution in [2.45, 2.75) is 55.0 Å². The molecule has 9 bridgehead atoms. The molecule has 7 aromatic rings. The number of hydrogen-bond donors (Lipinski definition) is 12. The van der Waals surface area contributed by atoms with Crippen molar-refractivity contribution in [1.82, 2.24) is 31.5 Å². The number of halogens is 6. The number of amides is 7. The van der Waals surface area contributed by atoms with Crippen LogP contribution >= 0.6 is 69.6 Å². The molecule has 0 fully saturated rings. The zero-order valence-corrected chi connectivity index (χ0v) is 50.4. The van der Waals surface area contributed by atoms with Crippen molar-refractivity contribution in [3.63, 3.8) is 0 Å². The Hall–Kier alpha value is -9.49. The number of aromatic hydroxyl groups is 5. The van der Waals surface area contributed by atoms with Crippen LogP contribution in [0.4, 0.5) is 5.69 Å². The van der Waals surface area contributed by atoms with Gasteiger partial charge in [-0.3, -0.25) is 38.4 Å². The lowest BCUT2D eigenvalue weighted by molar-refractivity contribution is -0.145. The van der Waals surface area contributed by atoms with Gasteiger partial charge in [0.05, 0.1) is 36.1 Å². The number of aliphatic carboxylic acids is 1. The van der Waals surface area contributed by atoms with Crippen molar-refractivity contribution >= 4 is 128 Å². The van der Waals surface area contributed by atoms with Crippen LogP contribution in [0.2, 0.25) is 30.1 Å². The van der Waals surface area contributed by atoms with Crippen molar-refractivity contribution in [1.29, 1.82) is 0 Å². The smallest absolute Gasteiger partial charge is 0.330 e. The average Bonchev–Trinajstić information content (AvgIpc) is 1.43. The molecule has 7 amide bonds. The quantitative estimate of drug-likeness (QED) is 0.0475. The highest BCUT2D eigenvalue weighted by molar-refractivity contribution is 6.45. The van der Waals surface area contributed by atoms with Gasteiger partial charge in [0, 0.05) is 30.3 Å². The number of benzene rings is 7. The Morgan fingerprint density at radius 3 is 1.69 bits per heavy atom. The summed E-state index contributed by atoms with van der Waals surface area (Å²) < 4.78 is 6.34. The van der Waals surface area contributed by atoms with E-state index in [4.69, 9.17) is 74.3 Å². The second-order valence-electron chi connectivity index (χ2n) is 20.9. The Morgan fingerprint density at radius 1 is 0.600 bits per heavy atom. The molecule has 0 aromatic heterocycles. The molecule has 7 aromatic carbocycles. The highest BCUT2D eigenvalue weighted by atomic mass is 35.5. The summed E-state index contributed by atoms with van der Waals surface area (Å²) in [6, 6.07) is 12.1. The van der Waals surface area contributed by atoms with Crippen LogP contribution in [-0.2, 0) is 44.8 Å². The standard InChI is InChI=1S/C61H45Cl6N7O16/c1-74-43(56(83)73-48(61(88)89)24-4-7-30(75)8-5-24)12-23-2-9-31(10-3-23)90-44-21-26-13-33(50(44)77)25-6-11-32-34(54(81)68-41(32)20-25)22-42(69-59(86)49(76)29-18-39(66)53(80)40(67)19-29)55(82)70-46(27-14-35(62)51(78)36(63)15-27)57(84)71-45(26)58(85)72-47(60(74)87)28-16-37(64)52(79)38(65)17-28/h2-11,13-21,34,42-43,45-48,75,77-80H,12,22H2,1H3,(H,68,81)(H,69,86)(H,70,82)(H,71,84)(H,72,85)(H,73,83)(H,88,89)/t34?,42-,43?,45-,46?,47?,48?/m1/s1. The minimum absolute atomic E-state index is 0.0269. The van der Waals surface area contributed by atoms with Crippen LogP contribution in [0.5, 0.6) is 40.2 Å². The number of nitrogens with zero attached hydrogens (tertiary/aromatic N) is 1. The van der Waals surface area contributed by atoms with Crippen molar-refractivity contribution in [2.75, 3.05) is 12.4 Å². The van der Waals surface area contributed by atoms with Crippen molar-refractivity contribution in [2.24, 2.45) is 0 Å². The third-order valence-corrected chi connectivity index (χ3v) is 16.9. The lowest BCUT2D eigenvalue weighted by atomic mass is 9.90. The van der Waals surface area contributed by atoms with E-state index >= 15 is 19.2 Å². The number of fused-ring (bicyclic) bond motifs is 15. The minimum atomic E-state index is -2.12. The number of nitrogens with one attached hydrogen (secondary N) is 6. The fourth-order valence-corrected chi connectivity index (χ4v) is 11.9. The Balaban J connectivity index is 1.15. The first-order chi connectivity index (χ1) is 42.6. The number of phenols is 5. The van der Waals surface area contributed by atoms with Gasteiger partial charge < -0.3 is 72.2 Å². The first-order valence-electron chi connectivity index (χ1n) is 26.6. The number of carbonyl (C=O) groups is 9. The van der Waals surface area contributed by atoms with Gasteiger partial charge in [0.15, 0.2) is 34.8 Å². The van der Waals surface area contributed by atoms with Crippen LogP contribution in [-0.4, -0.2) is 108 Å². The number of hydrogen-bond acceptors (Lipinski definition) is 15. The molecule has 7 atom stereocenters. The summed E-state index contributed by atoms with van der Waals surface area (Å²) in [4.78, 5) is 132. The van der Waals surface area contributed by atoms with Crippen LogP contribution in [0.15, 0.2) is 115 Å². The maximum Gasteiger partial charge on any atom is 0.330 e. The number of carboxylic acids is 1. The molecule has 0 radical (unpaired) electrons. The van der Waals surface area contributed by atoms with Crippen molar-refractivity contribution in [3.8, 4) is 51.4 Å². The molecule has 5 aliphatic heterocycles. The van der Waals surface area contributed by atoms with Gasteiger partial charge in [0.1, 0.15) is 41.7 Å². The average molecular weight is 1340 g/mol. The van der Waals surface area contributed by atoms with E-state index < -0.39 is 160 Å². The molecule has 462 valence electrons. The predicted molar refractivity (Wildman–Crippen MR) is 326 cm³/mol. The molecule has 12 rings (SSSR count). The van der Waals surface area contributed by atoms with Gasteiger partial charge >= 0.3 is 5.97 Å². The van der Waals surface area contributed by atoms with E-state index in [1.807, 2.05) is 0 Å². The van der Waals surface area contributed by atoms with Crippen molar-refractivity contribution in [3.05, 3.63) is 184 Å². The number of carbonyl (C=O) groups excluding carboxylic acids is 8. The Kier molecular flexibility index (Phi) is 18.0. The van der Waals surface area contributed by atoms with Crippen molar-refractivity contribution < 1.29 is 78.5 Å². The zero-order valence-electron chi connectivity index (χ0n) is 45.9. The summed E-state index contributed by atoms with van der Waals surface area (Å²) in [6.45, 7) is 0. The number of Topliss-reactive ketones (excluding diaryl/α,β-unsaturated/α-hetero) is 1. The molecule has 0 saturated heterocycles. The molecule has 0 saturated carbocycles. The van der Waals surface area contributed by atoms with Gasteiger partial charge in [-0.2, -0.15) is 0 Å². The number of anilines is 1. The predicted octanol–water partition coefficient (Wildman–Crippen LogP) is 8.60. The first kappa shape index (κ1) is 63.5. The number of rotatable bonds is 9. The van der Waals surface area contributed by atoms with Gasteiger partial charge in [-0.05, 0) is 124 Å². The number of ether oxygens (including phenoxy) is 1. The van der Waals surface area contributed by atoms with Crippen LogP contribution < -0.4 is 36.6 Å². The van der Waals surface area contributed by atoms with Crippen LogP contribution in [0, 0.1) is 0 Å². The van der Waals surface area contributed by atoms with Crippen LogP contribution in [0.25, 0.3) is 11.1 Å². The minimum Gasteiger partial charge on any atom is -0.508 e. The Morgan fingerprint density at radius 2 is 1.12 bits per heavy atom. The van der Waals surface area contributed by atoms with Gasteiger partial charge in [-0.1, -0.05) is 106 Å². The van der Waals surface area contributed by atoms with E-state index in [-0.39, 0.29) is 68.3 Å². The molecule has 90 heavy (non-hydrogen) atoms. The van der Waals surface area contributed by atoms with Gasteiger partial charge in [0.25, 0.3) is 5.91 Å². The SMILES string of the molecule is CN1C(=O)C(c2cc(Cl)c(O)c(Cl)c2)NC(=O)[C@@H]2NC(=O)C(c3cc(Cl)c(O)c(Cl)c3)NC(=O)[C@H](NC(=O)C(=O)c3cc(Cl)c(O)c(Cl)c3)CC3C(=O)Nc4cc(ccc43)-c3cc2cc(c3O)Oc2ccc(cc2)CC1C(=O)NC(C(=O)O)c1ccc(O)cc1. The number of carboxylic acid groups (broad SMARTS) is 1. The Bertz CT molecular complexity index is 4140. The maximum absolute atomic E-state index is 15.8. The van der Waals surface area contributed by atoms with Gasteiger partial charge in [0.2, 0.25) is 41.2 Å². The lowest BCUT2D eigenvalue weighted by Crippen LogP contribution is -2.54. The number of phenolic OH excluding ortho intramolecular Hbond substituents is 5. The lowest BCUT2D eigenvalue weighted by Gasteiger charge is -2.33. The fraction of sp³-hybridized carbons (Fsp3) is 0.164. The largest absolute Gasteiger partial charge is 0.508 e. The maximum atomic E-state index is 15.8. The van der Waals surface area contributed by atoms with Crippen LogP contribution in [0.1, 0.15) is 80.2 Å². The van der Waals surface area contributed by atoms with E-state index in [2.05, 4.69) is 31.9 Å². The van der Waals surface area contributed by atoms with Gasteiger partial charge in [-0.25, -0.2) is 4.79 Å². The fourth-order valence-electron chi connectivity index (χ4n) is 10.4. The van der Waals surface area contributed by atoms with E-state index in [0.717, 1.165) is 41.3 Å². The van der Waals surface area contributed by atoms with Crippen LogP contribution in [0.3, 0.4) is 0 Å². The highest BCUT2D eigenvalue weighted by Crippen LogP contribution is 2.46. The molecular formula is C61H45Cl6N7O16. The first-order valence-corrected chi connectivity index (χ1v) is 28.9. The third-order valence-electron chi connectivity index (χ3n) is 15.2. The molecule has 23 nitrogen and oxygen atoms in total. The summed E-state index contributed by atoms with van der Waals surface area (Å²) in [6.07, 6.45) is -0.973. The second kappa shape index (κ2) is 25.5. The summed E-state index contributed by atoms with van der Waals surface area (Å²) in [5.41, 5.74) is -0.375. The molecule has 29 heteroatoms. The van der Waals surface area contributed by atoms with Gasteiger partial charge in [-0.15, -0.1) is 0 Å². The monoisotopic (exact) mass is 1340 g/mol. The summed E-state index contributed by atoms with van der Waals surface area (Å²) in [7, 11) is 1.17. The zero-order chi connectivity index (χ0) is 64.9. The molecule has 0 aliphatic carbocycles. The summed E-state index contributed by atoms with van der Waals surface area (Å²) >= 11 is 38.0. The Labute approximate surface area is 538 Å².